The molecule has 4 N–H and O–H groups in total. The molecule has 1 aromatic carbocycles. The second kappa shape index (κ2) is 4.80. The van der Waals surface area contributed by atoms with Gasteiger partial charge in [0.05, 0.1) is 0 Å². The Morgan fingerprint density at radius 3 is 2.90 bits per heavy atom. The van der Waals surface area contributed by atoms with Crippen molar-refractivity contribution in [3.05, 3.63) is 30.6 Å². The first-order chi connectivity index (χ1) is 9.65. The summed E-state index contributed by atoms with van der Waals surface area (Å²) >= 11 is 0. The van der Waals surface area contributed by atoms with Gasteiger partial charge in [-0.1, -0.05) is 0 Å². The fourth-order valence-electron chi connectivity index (χ4n) is 2.36. The molecule has 1 fully saturated rings. The van der Waals surface area contributed by atoms with Crippen LogP contribution in [0.5, 0.6) is 0 Å². The van der Waals surface area contributed by atoms with Crippen LogP contribution in [0.2, 0.25) is 0 Å². The lowest BCUT2D eigenvalue weighted by atomic mass is 10.0. The highest BCUT2D eigenvalue weighted by Crippen LogP contribution is 2.28. The maximum atomic E-state index is 11.8. The zero-order chi connectivity index (χ0) is 14.1. The van der Waals surface area contributed by atoms with E-state index in [2.05, 4.69) is 15.6 Å². The number of anilines is 2. The molecular weight excluding hydrogens is 256 g/mol. The van der Waals surface area contributed by atoms with Crippen molar-refractivity contribution in [1.29, 1.82) is 0 Å². The Morgan fingerprint density at radius 1 is 1.25 bits per heavy atom. The van der Waals surface area contributed by atoms with Crippen LogP contribution in [0.4, 0.5) is 11.4 Å². The number of nitrogen functional groups attached to an aromatic ring is 1. The Morgan fingerprint density at radius 2 is 2.10 bits per heavy atom. The Balaban J connectivity index is 1.93. The molecule has 1 atom stereocenters. The molecule has 2 amide bonds. The van der Waals surface area contributed by atoms with Crippen molar-refractivity contribution in [1.82, 2.24) is 10.3 Å². The fourth-order valence-corrected chi connectivity index (χ4v) is 2.36. The van der Waals surface area contributed by atoms with E-state index in [0.717, 1.165) is 16.5 Å². The van der Waals surface area contributed by atoms with E-state index in [4.69, 9.17) is 5.73 Å². The number of imide groups is 1. The molecule has 1 aliphatic rings. The van der Waals surface area contributed by atoms with Gasteiger partial charge >= 0.3 is 0 Å². The van der Waals surface area contributed by atoms with Crippen molar-refractivity contribution in [2.45, 2.75) is 18.9 Å². The van der Waals surface area contributed by atoms with E-state index >= 15 is 0 Å². The summed E-state index contributed by atoms with van der Waals surface area (Å²) in [6.07, 6.45) is 4.21. The average Bonchev–Trinajstić information content (AvgIpc) is 2.45. The maximum absolute atomic E-state index is 11.8. The van der Waals surface area contributed by atoms with E-state index in [-0.39, 0.29) is 11.8 Å². The molecule has 0 bridgehead atoms. The summed E-state index contributed by atoms with van der Waals surface area (Å²) in [6.45, 7) is 0. The van der Waals surface area contributed by atoms with Crippen molar-refractivity contribution < 1.29 is 9.59 Å². The number of carbonyl (C=O) groups is 2. The number of piperidine rings is 1. The second-order valence-corrected chi connectivity index (χ2v) is 4.77. The van der Waals surface area contributed by atoms with Gasteiger partial charge in [-0.2, -0.15) is 0 Å². The number of amides is 2. The number of hydrogen-bond donors (Lipinski definition) is 3. The number of rotatable bonds is 2. The molecule has 1 aromatic heterocycles. The number of benzene rings is 1. The molecule has 1 unspecified atom stereocenters. The lowest BCUT2D eigenvalue weighted by molar-refractivity contribution is -0.133. The highest BCUT2D eigenvalue weighted by Gasteiger charge is 2.26. The quantitative estimate of drug-likeness (QED) is 0.559. The predicted molar refractivity (Wildman–Crippen MR) is 75.9 cm³/mol. The zero-order valence-electron chi connectivity index (χ0n) is 10.7. The van der Waals surface area contributed by atoms with E-state index in [9.17, 15) is 9.59 Å². The van der Waals surface area contributed by atoms with Gasteiger partial charge in [-0.3, -0.25) is 19.9 Å². The molecule has 20 heavy (non-hydrogen) atoms. The minimum absolute atomic E-state index is 0.225. The maximum Gasteiger partial charge on any atom is 0.249 e. The van der Waals surface area contributed by atoms with Gasteiger partial charge in [0, 0.05) is 41.0 Å². The lowest BCUT2D eigenvalue weighted by Crippen LogP contribution is -2.47. The Hall–Kier alpha value is -2.63. The molecular formula is C14H14N4O2. The second-order valence-electron chi connectivity index (χ2n) is 4.77. The molecule has 3 rings (SSSR count). The highest BCUT2D eigenvalue weighted by molar-refractivity contribution is 6.04. The van der Waals surface area contributed by atoms with E-state index in [0.29, 0.717) is 18.5 Å². The normalized spacial score (nSPS) is 18.9. The smallest absolute Gasteiger partial charge is 0.249 e. The summed E-state index contributed by atoms with van der Waals surface area (Å²) in [6, 6.07) is 5.03. The standard InChI is InChI=1S/C14H14N4O2/c15-10-1-2-11(9-7-16-6-5-8(9)10)17-12-3-4-13(19)18-14(12)20/h1-2,5-7,12,17H,3-4,15H2,(H,18,19,20). The fraction of sp³-hybridized carbons (Fsp3) is 0.214. The first kappa shape index (κ1) is 12.4. The largest absolute Gasteiger partial charge is 0.398 e. The van der Waals surface area contributed by atoms with Crippen LogP contribution in [0.3, 0.4) is 0 Å². The number of nitrogens with two attached hydrogens (primary N) is 1. The number of pyridine rings is 1. The average molecular weight is 270 g/mol. The summed E-state index contributed by atoms with van der Waals surface area (Å²) in [5.74, 6) is -0.521. The van der Waals surface area contributed by atoms with Crippen LogP contribution in [0.25, 0.3) is 10.8 Å². The molecule has 1 aliphatic heterocycles. The summed E-state index contributed by atoms with van der Waals surface area (Å²) in [4.78, 5) is 27.0. The van der Waals surface area contributed by atoms with Gasteiger partial charge < -0.3 is 11.1 Å². The van der Waals surface area contributed by atoms with E-state index < -0.39 is 6.04 Å². The summed E-state index contributed by atoms with van der Waals surface area (Å²) in [7, 11) is 0. The number of nitrogens with zero attached hydrogens (tertiary/aromatic N) is 1. The highest BCUT2D eigenvalue weighted by atomic mass is 16.2. The van der Waals surface area contributed by atoms with Crippen molar-refractivity contribution in [3.8, 4) is 0 Å². The van der Waals surface area contributed by atoms with Crippen LogP contribution in [-0.2, 0) is 9.59 Å². The number of fused-ring (bicyclic) bond motifs is 1. The van der Waals surface area contributed by atoms with E-state index in [1.54, 1.807) is 18.5 Å². The number of carbonyl (C=O) groups excluding carboxylic acids is 2. The van der Waals surface area contributed by atoms with Crippen molar-refractivity contribution >= 4 is 34.0 Å². The molecule has 6 heteroatoms. The van der Waals surface area contributed by atoms with E-state index in [1.807, 2.05) is 12.1 Å². The number of nitrogens with one attached hydrogen (secondary N) is 2. The molecule has 2 aromatic rings. The zero-order valence-corrected chi connectivity index (χ0v) is 10.7. The molecule has 0 saturated carbocycles. The SMILES string of the molecule is Nc1ccc(NC2CCC(=O)NC2=O)c2cnccc12. The van der Waals surface area contributed by atoms with Gasteiger partial charge in [-0.25, -0.2) is 0 Å². The third kappa shape index (κ3) is 2.16. The summed E-state index contributed by atoms with van der Waals surface area (Å²) < 4.78 is 0. The van der Waals surface area contributed by atoms with Gasteiger partial charge in [0.2, 0.25) is 11.8 Å². The van der Waals surface area contributed by atoms with Crippen molar-refractivity contribution in [3.63, 3.8) is 0 Å². The minimum Gasteiger partial charge on any atom is -0.398 e. The predicted octanol–water partition coefficient (Wildman–Crippen LogP) is 1.03. The topological polar surface area (TPSA) is 97.1 Å². The Labute approximate surface area is 115 Å². The van der Waals surface area contributed by atoms with Crippen molar-refractivity contribution in [2.75, 3.05) is 11.1 Å². The van der Waals surface area contributed by atoms with Crippen molar-refractivity contribution in [2.24, 2.45) is 0 Å². The lowest BCUT2D eigenvalue weighted by Gasteiger charge is -2.23. The third-order valence-electron chi connectivity index (χ3n) is 3.42. The molecule has 1 saturated heterocycles. The van der Waals surface area contributed by atoms with Gasteiger partial charge in [0.25, 0.3) is 0 Å². The van der Waals surface area contributed by atoms with Crippen LogP contribution in [0.15, 0.2) is 30.6 Å². The molecule has 6 nitrogen and oxygen atoms in total. The Bertz CT molecular complexity index is 699. The molecule has 2 heterocycles. The van der Waals surface area contributed by atoms with Gasteiger partial charge in [0.15, 0.2) is 0 Å². The number of aromatic nitrogens is 1. The van der Waals surface area contributed by atoms with Crippen LogP contribution in [0, 0.1) is 0 Å². The number of hydrogen-bond acceptors (Lipinski definition) is 5. The van der Waals surface area contributed by atoms with E-state index in [1.165, 1.54) is 0 Å². The first-order valence-corrected chi connectivity index (χ1v) is 6.37. The monoisotopic (exact) mass is 270 g/mol. The van der Waals surface area contributed by atoms with Crippen LogP contribution in [-0.4, -0.2) is 22.8 Å². The summed E-state index contributed by atoms with van der Waals surface area (Å²) in [5.41, 5.74) is 7.38. The molecule has 0 radical (unpaired) electrons. The molecule has 102 valence electrons. The van der Waals surface area contributed by atoms with Gasteiger partial charge in [0.1, 0.15) is 6.04 Å². The minimum atomic E-state index is -0.417. The molecule has 0 spiro atoms. The van der Waals surface area contributed by atoms with Crippen LogP contribution in [0.1, 0.15) is 12.8 Å². The first-order valence-electron chi connectivity index (χ1n) is 6.37. The van der Waals surface area contributed by atoms with Crippen LogP contribution < -0.4 is 16.4 Å². The van der Waals surface area contributed by atoms with Gasteiger partial charge in [-0.15, -0.1) is 0 Å². The Kier molecular flexibility index (Phi) is 2.98. The van der Waals surface area contributed by atoms with Crippen LogP contribution >= 0.6 is 0 Å². The third-order valence-corrected chi connectivity index (χ3v) is 3.42. The summed E-state index contributed by atoms with van der Waals surface area (Å²) in [5, 5.41) is 7.23. The van der Waals surface area contributed by atoms with Gasteiger partial charge in [-0.05, 0) is 24.6 Å². The molecule has 0 aliphatic carbocycles.